The van der Waals surface area contributed by atoms with Crippen molar-refractivity contribution in [1.82, 2.24) is 0 Å². The van der Waals surface area contributed by atoms with Crippen LogP contribution >= 0.6 is 0 Å². The Morgan fingerprint density at radius 3 is 2.00 bits per heavy atom. The summed E-state index contributed by atoms with van der Waals surface area (Å²) in [6.45, 7) is 5.73. The van der Waals surface area contributed by atoms with Gasteiger partial charge in [-0.15, -0.1) is 0 Å². The lowest BCUT2D eigenvalue weighted by molar-refractivity contribution is -0.138. The predicted octanol–water partition coefficient (Wildman–Crippen LogP) is 3.72. The summed E-state index contributed by atoms with van der Waals surface area (Å²) in [5.41, 5.74) is 2.93. The number of ether oxygens (including phenoxy) is 1. The number of esters is 1. The van der Waals surface area contributed by atoms with E-state index in [1.54, 1.807) is 37.3 Å². The number of rotatable bonds is 6. The summed E-state index contributed by atoms with van der Waals surface area (Å²) in [7, 11) is -3.64. The second-order valence-electron chi connectivity index (χ2n) is 5.87. The first-order chi connectivity index (χ1) is 11.8. The van der Waals surface area contributed by atoms with Crippen molar-refractivity contribution < 1.29 is 17.9 Å². The van der Waals surface area contributed by atoms with Gasteiger partial charge in [-0.3, -0.25) is 0 Å². The maximum atomic E-state index is 12.7. The van der Waals surface area contributed by atoms with Crippen molar-refractivity contribution in [1.29, 1.82) is 0 Å². The van der Waals surface area contributed by atoms with Gasteiger partial charge in [-0.25, -0.2) is 13.2 Å². The molecule has 0 heterocycles. The molecule has 0 unspecified atom stereocenters. The topological polar surface area (TPSA) is 60.4 Å². The van der Waals surface area contributed by atoms with Gasteiger partial charge in [-0.1, -0.05) is 47.5 Å². The van der Waals surface area contributed by atoms with Crippen LogP contribution in [0, 0.1) is 13.8 Å². The maximum Gasteiger partial charge on any atom is 0.335 e. The van der Waals surface area contributed by atoms with E-state index in [4.69, 9.17) is 4.74 Å². The maximum absolute atomic E-state index is 12.7. The molecule has 0 amide bonds. The quantitative estimate of drug-likeness (QED) is 0.583. The molecule has 0 atom stereocenters. The van der Waals surface area contributed by atoms with Crippen LogP contribution in [0.3, 0.4) is 0 Å². The molecule has 25 heavy (non-hydrogen) atoms. The molecule has 2 aromatic carbocycles. The van der Waals surface area contributed by atoms with Gasteiger partial charge in [0.1, 0.15) is 0 Å². The summed E-state index contributed by atoms with van der Waals surface area (Å²) in [6.07, 6.45) is 1.57. The molecule has 0 saturated carbocycles. The Kier molecular flexibility index (Phi) is 6.15. The van der Waals surface area contributed by atoms with Crippen LogP contribution in [0.15, 0.2) is 59.0 Å². The zero-order chi connectivity index (χ0) is 18.4. The number of aryl methyl sites for hydroxylation is 2. The monoisotopic (exact) mass is 358 g/mol. The zero-order valence-corrected chi connectivity index (χ0v) is 15.5. The largest absolute Gasteiger partial charge is 0.463 e. The first-order valence-corrected chi connectivity index (χ1v) is 9.71. The average molecular weight is 358 g/mol. The van der Waals surface area contributed by atoms with E-state index in [1.165, 1.54) is 0 Å². The molecule has 0 saturated heterocycles. The van der Waals surface area contributed by atoms with E-state index >= 15 is 0 Å². The average Bonchev–Trinajstić information content (AvgIpc) is 2.56. The van der Waals surface area contributed by atoms with Crippen LogP contribution < -0.4 is 0 Å². The summed E-state index contributed by atoms with van der Waals surface area (Å²) in [4.78, 5) is 12.4. The van der Waals surface area contributed by atoms with Crippen molar-refractivity contribution in [3.63, 3.8) is 0 Å². The molecule has 0 aromatic heterocycles. The fourth-order valence-electron chi connectivity index (χ4n) is 2.28. The van der Waals surface area contributed by atoms with Crippen LogP contribution in [-0.2, 0) is 19.4 Å². The molecule has 0 aliphatic carbocycles. The second kappa shape index (κ2) is 8.12. The highest BCUT2D eigenvalue weighted by Crippen LogP contribution is 2.18. The minimum Gasteiger partial charge on any atom is -0.463 e. The SMILES string of the molecule is CCOC(=O)/C(=C/c1ccc(C)cc1)CS(=O)(=O)c1ccc(C)cc1. The van der Waals surface area contributed by atoms with Crippen molar-refractivity contribution in [3.05, 3.63) is 70.8 Å². The van der Waals surface area contributed by atoms with E-state index in [0.29, 0.717) is 0 Å². The van der Waals surface area contributed by atoms with Gasteiger partial charge in [-0.05, 0) is 44.5 Å². The van der Waals surface area contributed by atoms with Gasteiger partial charge < -0.3 is 4.74 Å². The Hall–Kier alpha value is -2.40. The first-order valence-electron chi connectivity index (χ1n) is 8.05. The number of carbonyl (C=O) groups is 1. The Labute approximate surface area is 149 Å². The van der Waals surface area contributed by atoms with Crippen molar-refractivity contribution in [2.45, 2.75) is 25.7 Å². The summed E-state index contributed by atoms with van der Waals surface area (Å²) in [5, 5.41) is 0. The van der Waals surface area contributed by atoms with Crippen LogP contribution in [0.2, 0.25) is 0 Å². The molecule has 5 heteroatoms. The lowest BCUT2D eigenvalue weighted by Gasteiger charge is -2.09. The Bertz CT molecular complexity index is 861. The van der Waals surface area contributed by atoms with Crippen LogP contribution in [0.25, 0.3) is 6.08 Å². The molecule has 132 valence electrons. The van der Waals surface area contributed by atoms with Crippen LogP contribution in [0.4, 0.5) is 0 Å². The van der Waals surface area contributed by atoms with Gasteiger partial charge >= 0.3 is 5.97 Å². The zero-order valence-electron chi connectivity index (χ0n) is 14.7. The molecule has 0 N–H and O–H groups in total. The van der Waals surface area contributed by atoms with Crippen molar-refractivity contribution in [3.8, 4) is 0 Å². The van der Waals surface area contributed by atoms with Gasteiger partial charge in [0.2, 0.25) is 0 Å². The first kappa shape index (κ1) is 18.9. The molecule has 4 nitrogen and oxygen atoms in total. The summed E-state index contributed by atoms with van der Waals surface area (Å²) >= 11 is 0. The third-order valence-electron chi connectivity index (χ3n) is 3.68. The number of hydrogen-bond donors (Lipinski definition) is 0. The predicted molar refractivity (Wildman–Crippen MR) is 99.0 cm³/mol. The Morgan fingerprint density at radius 2 is 1.48 bits per heavy atom. The molecule has 0 bridgehead atoms. The lowest BCUT2D eigenvalue weighted by atomic mass is 10.1. The van der Waals surface area contributed by atoms with Crippen molar-refractivity contribution in [2.75, 3.05) is 12.4 Å². The lowest BCUT2D eigenvalue weighted by Crippen LogP contribution is -2.17. The molecule has 0 radical (unpaired) electrons. The number of hydrogen-bond acceptors (Lipinski definition) is 4. The fraction of sp³-hybridized carbons (Fsp3) is 0.250. The van der Waals surface area contributed by atoms with E-state index in [2.05, 4.69) is 0 Å². The van der Waals surface area contributed by atoms with E-state index < -0.39 is 21.6 Å². The minimum atomic E-state index is -3.64. The number of benzene rings is 2. The highest BCUT2D eigenvalue weighted by atomic mass is 32.2. The van der Waals surface area contributed by atoms with Gasteiger partial charge in [0.25, 0.3) is 0 Å². The van der Waals surface area contributed by atoms with Gasteiger partial charge in [0, 0.05) is 0 Å². The van der Waals surface area contributed by atoms with Gasteiger partial charge in [0.05, 0.1) is 22.8 Å². The van der Waals surface area contributed by atoms with E-state index in [-0.39, 0.29) is 17.1 Å². The van der Waals surface area contributed by atoms with Gasteiger partial charge in [0.15, 0.2) is 9.84 Å². The number of sulfone groups is 1. The molecule has 0 fully saturated rings. The van der Waals surface area contributed by atoms with Crippen molar-refractivity contribution >= 4 is 21.9 Å². The minimum absolute atomic E-state index is 0.117. The second-order valence-corrected chi connectivity index (χ2v) is 7.86. The van der Waals surface area contributed by atoms with E-state index in [0.717, 1.165) is 16.7 Å². The van der Waals surface area contributed by atoms with Crippen LogP contribution in [0.1, 0.15) is 23.6 Å². The van der Waals surface area contributed by atoms with Crippen LogP contribution in [0.5, 0.6) is 0 Å². The molecule has 0 aliphatic rings. The molecule has 0 aliphatic heterocycles. The summed E-state index contributed by atoms with van der Waals surface area (Å²) < 4.78 is 30.3. The summed E-state index contributed by atoms with van der Waals surface area (Å²) in [6, 6.07) is 14.1. The normalized spacial score (nSPS) is 12.0. The van der Waals surface area contributed by atoms with E-state index in [9.17, 15) is 13.2 Å². The third kappa shape index (κ3) is 5.29. The fourth-order valence-corrected chi connectivity index (χ4v) is 3.61. The number of carbonyl (C=O) groups excluding carboxylic acids is 1. The Morgan fingerprint density at radius 1 is 0.960 bits per heavy atom. The highest BCUT2D eigenvalue weighted by molar-refractivity contribution is 7.91. The molecule has 2 rings (SSSR count). The summed E-state index contributed by atoms with van der Waals surface area (Å²) in [5.74, 6) is -1.01. The molecular formula is C20H22O4S. The highest BCUT2D eigenvalue weighted by Gasteiger charge is 2.22. The van der Waals surface area contributed by atoms with Crippen LogP contribution in [-0.4, -0.2) is 26.7 Å². The Balaban J connectivity index is 2.37. The molecular weight excluding hydrogens is 336 g/mol. The van der Waals surface area contributed by atoms with Crippen molar-refractivity contribution in [2.24, 2.45) is 0 Å². The smallest absolute Gasteiger partial charge is 0.335 e. The third-order valence-corrected chi connectivity index (χ3v) is 5.36. The standard InChI is InChI=1S/C20H22O4S/c1-4-24-20(21)18(13-17-9-5-15(2)6-10-17)14-25(22,23)19-11-7-16(3)8-12-19/h5-13H,4,14H2,1-3H3/b18-13+. The van der Waals surface area contributed by atoms with Gasteiger partial charge in [-0.2, -0.15) is 0 Å². The van der Waals surface area contributed by atoms with E-state index in [1.807, 2.05) is 38.1 Å². The molecule has 2 aromatic rings. The molecule has 0 spiro atoms.